The molecular formula is C25H25F3N6O5S. The highest BCUT2D eigenvalue weighted by Gasteiger charge is 2.38. The number of alkyl halides is 3. The smallest absolute Gasteiger partial charge is 0.490 e. The molecule has 40 heavy (non-hydrogen) atoms. The second kappa shape index (κ2) is 12.0. The van der Waals surface area contributed by atoms with Gasteiger partial charge in [-0.3, -0.25) is 0 Å². The molecule has 4 rings (SSSR count). The molecule has 0 atom stereocenters. The van der Waals surface area contributed by atoms with Gasteiger partial charge >= 0.3 is 12.1 Å². The normalized spacial score (nSPS) is 11.3. The Hall–Kier alpha value is -4.66. The van der Waals surface area contributed by atoms with Gasteiger partial charge in [-0.15, -0.1) is 0 Å². The monoisotopic (exact) mass is 578 g/mol. The topological polar surface area (TPSA) is 148 Å². The molecule has 0 saturated heterocycles. The predicted molar refractivity (Wildman–Crippen MR) is 141 cm³/mol. The lowest BCUT2D eigenvalue weighted by atomic mass is 10.2. The van der Waals surface area contributed by atoms with Gasteiger partial charge in [0.15, 0.2) is 9.84 Å². The van der Waals surface area contributed by atoms with Crippen molar-refractivity contribution in [2.24, 2.45) is 0 Å². The highest BCUT2D eigenvalue weighted by Crippen LogP contribution is 2.27. The maximum absolute atomic E-state index is 11.8. The van der Waals surface area contributed by atoms with Gasteiger partial charge in [0.25, 0.3) is 0 Å². The first-order chi connectivity index (χ1) is 18.7. The number of ether oxygens (including phenoxy) is 1. The number of aliphatic carboxylic acids is 1. The molecule has 2 aromatic heterocycles. The fourth-order valence-electron chi connectivity index (χ4n) is 3.21. The molecule has 0 aliphatic rings. The van der Waals surface area contributed by atoms with Crippen molar-refractivity contribution in [1.82, 2.24) is 19.7 Å². The number of aryl methyl sites for hydroxylation is 1. The molecule has 0 amide bonds. The van der Waals surface area contributed by atoms with Crippen LogP contribution in [0.2, 0.25) is 0 Å². The zero-order valence-corrected chi connectivity index (χ0v) is 22.5. The van der Waals surface area contributed by atoms with E-state index in [1.54, 1.807) is 43.6 Å². The van der Waals surface area contributed by atoms with Crippen LogP contribution in [-0.4, -0.2) is 58.8 Å². The fraction of sp³-hybridized carbons (Fsp3) is 0.200. The number of methoxy groups -OCH3 is 1. The molecule has 0 unspecified atom stereocenters. The number of anilines is 4. The average Bonchev–Trinajstić information content (AvgIpc) is 3.17. The lowest BCUT2D eigenvalue weighted by Gasteiger charge is -2.12. The number of carbonyl (C=O) groups is 1. The van der Waals surface area contributed by atoms with Crippen LogP contribution in [0, 0.1) is 13.8 Å². The second-order valence-corrected chi connectivity index (χ2v) is 10.3. The van der Waals surface area contributed by atoms with Crippen LogP contribution in [0.4, 0.5) is 36.4 Å². The van der Waals surface area contributed by atoms with Crippen LogP contribution < -0.4 is 15.4 Å². The molecule has 11 nitrogen and oxygen atoms in total. The second-order valence-electron chi connectivity index (χ2n) is 8.29. The quantitative estimate of drug-likeness (QED) is 0.279. The summed E-state index contributed by atoms with van der Waals surface area (Å²) in [7, 11) is -1.69. The molecule has 0 aliphatic heterocycles. The van der Waals surface area contributed by atoms with Gasteiger partial charge in [0.05, 0.1) is 23.4 Å². The molecule has 15 heteroatoms. The first kappa shape index (κ1) is 29.9. The van der Waals surface area contributed by atoms with Crippen molar-refractivity contribution in [2.75, 3.05) is 24.0 Å². The van der Waals surface area contributed by atoms with E-state index in [1.165, 1.54) is 6.26 Å². The van der Waals surface area contributed by atoms with Gasteiger partial charge in [-0.2, -0.15) is 23.3 Å². The molecule has 4 aromatic rings. The van der Waals surface area contributed by atoms with E-state index in [0.717, 1.165) is 28.5 Å². The molecule has 0 saturated carbocycles. The molecule has 0 fully saturated rings. The van der Waals surface area contributed by atoms with Crippen LogP contribution in [-0.2, 0) is 14.6 Å². The first-order valence-corrected chi connectivity index (χ1v) is 13.3. The standard InChI is InChI=1S/C23H24N6O3S.C2HF3O2/c1-15-16(2)28-29(18-8-10-19(32-3)11-9-18)22(15)26-21-12-13-24-23(27-21)25-17-6-5-7-20(14-17)33(4,30)31;3-2(4,5)1(6)7/h5-14H,1-4H3,(H2,24,25,26,27);(H,6,7). The minimum Gasteiger partial charge on any atom is -0.497 e. The minimum atomic E-state index is -5.08. The van der Waals surface area contributed by atoms with Crippen LogP contribution in [0.1, 0.15) is 11.3 Å². The molecule has 0 radical (unpaired) electrons. The first-order valence-electron chi connectivity index (χ1n) is 11.4. The Bertz CT molecular complexity index is 1610. The highest BCUT2D eigenvalue weighted by molar-refractivity contribution is 7.90. The van der Waals surface area contributed by atoms with Gasteiger partial charge in [0.2, 0.25) is 5.95 Å². The Morgan fingerprint density at radius 2 is 1.70 bits per heavy atom. The van der Waals surface area contributed by atoms with Crippen molar-refractivity contribution < 1.29 is 36.2 Å². The summed E-state index contributed by atoms with van der Waals surface area (Å²) in [6.07, 6.45) is -2.29. The Labute approximate surface area is 227 Å². The number of benzene rings is 2. The van der Waals surface area contributed by atoms with Crippen molar-refractivity contribution in [2.45, 2.75) is 24.9 Å². The Balaban J connectivity index is 0.000000559. The number of nitrogens with one attached hydrogen (secondary N) is 2. The summed E-state index contributed by atoms with van der Waals surface area (Å²) in [4.78, 5) is 17.9. The number of sulfone groups is 1. The third-order valence-electron chi connectivity index (χ3n) is 5.34. The number of carboxylic acid groups (broad SMARTS) is 1. The Kier molecular flexibility index (Phi) is 8.99. The van der Waals surface area contributed by atoms with Crippen LogP contribution >= 0.6 is 0 Å². The summed E-state index contributed by atoms with van der Waals surface area (Å²) in [5.74, 6) is -0.325. The number of nitrogens with zero attached hydrogens (tertiary/aromatic N) is 4. The summed E-state index contributed by atoms with van der Waals surface area (Å²) in [5.41, 5.74) is 3.32. The highest BCUT2D eigenvalue weighted by atomic mass is 32.2. The summed E-state index contributed by atoms with van der Waals surface area (Å²) in [6, 6.07) is 15.9. The molecule has 212 valence electrons. The van der Waals surface area contributed by atoms with Crippen LogP contribution in [0.3, 0.4) is 0 Å². The van der Waals surface area contributed by atoms with Crippen LogP contribution in [0.5, 0.6) is 5.75 Å². The fourth-order valence-corrected chi connectivity index (χ4v) is 3.87. The van der Waals surface area contributed by atoms with E-state index < -0.39 is 22.0 Å². The number of hydrogen-bond acceptors (Lipinski definition) is 9. The van der Waals surface area contributed by atoms with Crippen molar-refractivity contribution in [3.8, 4) is 11.4 Å². The SMILES string of the molecule is COc1ccc(-n2nc(C)c(C)c2Nc2ccnc(Nc3cccc(S(C)(=O)=O)c3)n2)cc1.O=C(O)C(F)(F)F. The van der Waals surface area contributed by atoms with Crippen molar-refractivity contribution in [3.05, 3.63) is 72.1 Å². The molecule has 0 bridgehead atoms. The van der Waals surface area contributed by atoms with Gasteiger partial charge < -0.3 is 20.5 Å². The minimum absolute atomic E-state index is 0.219. The number of carboxylic acids is 1. The molecule has 2 aromatic carbocycles. The Morgan fingerprint density at radius 3 is 2.27 bits per heavy atom. The van der Waals surface area contributed by atoms with E-state index in [1.807, 2.05) is 42.8 Å². The van der Waals surface area contributed by atoms with Crippen molar-refractivity contribution >= 4 is 39.1 Å². The zero-order chi connectivity index (χ0) is 29.7. The van der Waals surface area contributed by atoms with Gasteiger partial charge in [0.1, 0.15) is 17.4 Å². The lowest BCUT2D eigenvalue weighted by molar-refractivity contribution is -0.192. The van der Waals surface area contributed by atoms with Gasteiger partial charge in [0, 0.05) is 23.7 Å². The van der Waals surface area contributed by atoms with E-state index in [2.05, 4.69) is 25.7 Å². The van der Waals surface area contributed by atoms with E-state index in [9.17, 15) is 21.6 Å². The summed E-state index contributed by atoms with van der Waals surface area (Å²) < 4.78 is 62.5. The molecule has 0 aliphatic carbocycles. The number of hydrogen-bond donors (Lipinski definition) is 3. The van der Waals surface area contributed by atoms with E-state index in [4.69, 9.17) is 14.6 Å². The Morgan fingerprint density at radius 1 is 1.05 bits per heavy atom. The summed E-state index contributed by atoms with van der Waals surface area (Å²) >= 11 is 0. The van der Waals surface area contributed by atoms with Crippen molar-refractivity contribution in [1.29, 1.82) is 0 Å². The average molecular weight is 579 g/mol. The predicted octanol–water partition coefficient (Wildman–Crippen LogP) is 4.81. The number of rotatable bonds is 7. The maximum atomic E-state index is 11.8. The maximum Gasteiger partial charge on any atom is 0.490 e. The number of aromatic nitrogens is 4. The third-order valence-corrected chi connectivity index (χ3v) is 6.45. The lowest BCUT2D eigenvalue weighted by Crippen LogP contribution is -2.21. The molecule has 2 heterocycles. The van der Waals surface area contributed by atoms with Crippen LogP contribution in [0.15, 0.2) is 65.7 Å². The van der Waals surface area contributed by atoms with Gasteiger partial charge in [-0.1, -0.05) is 6.07 Å². The number of halogens is 3. The van der Waals surface area contributed by atoms with Gasteiger partial charge in [-0.05, 0) is 62.4 Å². The van der Waals surface area contributed by atoms with E-state index in [-0.39, 0.29) is 4.90 Å². The van der Waals surface area contributed by atoms with Crippen molar-refractivity contribution in [3.63, 3.8) is 0 Å². The largest absolute Gasteiger partial charge is 0.497 e. The molecular weight excluding hydrogens is 553 g/mol. The van der Waals surface area contributed by atoms with E-state index >= 15 is 0 Å². The third kappa shape index (κ3) is 7.69. The summed E-state index contributed by atoms with van der Waals surface area (Å²) in [6.45, 7) is 3.93. The zero-order valence-electron chi connectivity index (χ0n) is 21.7. The van der Waals surface area contributed by atoms with E-state index in [0.29, 0.717) is 17.5 Å². The molecule has 0 spiro atoms. The summed E-state index contributed by atoms with van der Waals surface area (Å²) in [5, 5.41) is 18.2. The molecule has 3 N–H and O–H groups in total. The van der Waals surface area contributed by atoms with Gasteiger partial charge in [-0.25, -0.2) is 22.9 Å². The van der Waals surface area contributed by atoms with Crippen LogP contribution in [0.25, 0.3) is 5.69 Å².